The fraction of sp³-hybridized carbons (Fsp3) is 0.800. The van der Waals surface area contributed by atoms with Crippen molar-refractivity contribution in [1.29, 1.82) is 0 Å². The van der Waals surface area contributed by atoms with Crippen molar-refractivity contribution in [3.63, 3.8) is 0 Å². The highest BCUT2D eigenvalue weighted by molar-refractivity contribution is 5.91. The van der Waals surface area contributed by atoms with Gasteiger partial charge in [0.05, 0.1) is 0 Å². The molecule has 1 aliphatic rings. The van der Waals surface area contributed by atoms with Crippen molar-refractivity contribution < 1.29 is 9.63 Å². The Balaban J connectivity index is 0.000000711. The van der Waals surface area contributed by atoms with Crippen LogP contribution in [-0.2, 0) is 9.63 Å². The van der Waals surface area contributed by atoms with Crippen molar-refractivity contribution >= 4 is 18.3 Å². The summed E-state index contributed by atoms with van der Waals surface area (Å²) in [6.07, 6.45) is 9.82. The monoisotopic (exact) mass is 268 g/mol. The van der Waals surface area contributed by atoms with Gasteiger partial charge in [-0.3, -0.25) is 0 Å². The first kappa shape index (κ1) is 17.8. The highest BCUT2D eigenvalue weighted by Gasteiger charge is 2.19. The minimum atomic E-state index is 0.468. The van der Waals surface area contributed by atoms with E-state index < -0.39 is 0 Å². The van der Waals surface area contributed by atoms with Gasteiger partial charge in [0.2, 0.25) is 0 Å². The first-order valence-corrected chi connectivity index (χ1v) is 7.24. The molecule has 0 atom stereocenters. The average molecular weight is 268 g/mol. The van der Waals surface area contributed by atoms with Crippen LogP contribution in [0.25, 0.3) is 0 Å². The second-order valence-electron chi connectivity index (χ2n) is 5.06. The van der Waals surface area contributed by atoms with Gasteiger partial charge in [-0.2, -0.15) is 0 Å². The highest BCUT2D eigenvalue weighted by atomic mass is 16.6. The summed E-state index contributed by atoms with van der Waals surface area (Å²) in [4.78, 5) is 18.5. The SMILES string of the molecule is CCC=O.CO/N=C(\N=CC(C)C)C1CCCCC1. The van der Waals surface area contributed by atoms with E-state index >= 15 is 0 Å². The first-order chi connectivity index (χ1) is 9.15. The quantitative estimate of drug-likeness (QED) is 0.336. The molecule has 0 N–H and O–H groups in total. The molecule has 1 saturated carbocycles. The van der Waals surface area contributed by atoms with Crippen molar-refractivity contribution in [2.45, 2.75) is 59.3 Å². The Morgan fingerprint density at radius 1 is 1.32 bits per heavy atom. The number of aldehydes is 1. The van der Waals surface area contributed by atoms with Gasteiger partial charge in [-0.25, -0.2) is 4.99 Å². The summed E-state index contributed by atoms with van der Waals surface area (Å²) in [5, 5.41) is 4.04. The van der Waals surface area contributed by atoms with Gasteiger partial charge in [0.25, 0.3) is 0 Å². The zero-order chi connectivity index (χ0) is 14.5. The summed E-state index contributed by atoms with van der Waals surface area (Å²) in [6, 6.07) is 0. The normalized spacial score (nSPS) is 17.2. The second kappa shape index (κ2) is 11.9. The molecule has 0 unspecified atom stereocenters. The van der Waals surface area contributed by atoms with Gasteiger partial charge in [0.1, 0.15) is 13.4 Å². The number of nitrogens with zero attached hydrogens (tertiary/aromatic N) is 2. The van der Waals surface area contributed by atoms with E-state index in [0.717, 1.165) is 12.1 Å². The molecule has 0 amide bonds. The van der Waals surface area contributed by atoms with Gasteiger partial charge in [0, 0.05) is 18.6 Å². The lowest BCUT2D eigenvalue weighted by Crippen LogP contribution is -2.17. The molecular weight excluding hydrogens is 240 g/mol. The van der Waals surface area contributed by atoms with Crippen LogP contribution in [0.2, 0.25) is 0 Å². The molecule has 0 spiro atoms. The predicted octanol–water partition coefficient (Wildman–Crippen LogP) is 3.85. The van der Waals surface area contributed by atoms with Crippen LogP contribution in [0.15, 0.2) is 10.1 Å². The first-order valence-electron chi connectivity index (χ1n) is 7.24. The number of aliphatic imine (C=N–C) groups is 1. The van der Waals surface area contributed by atoms with Crippen LogP contribution in [0.5, 0.6) is 0 Å². The van der Waals surface area contributed by atoms with Crippen molar-refractivity contribution in [2.75, 3.05) is 7.11 Å². The van der Waals surface area contributed by atoms with Crippen LogP contribution in [0.1, 0.15) is 59.3 Å². The number of carbonyl (C=O) groups is 1. The lowest BCUT2D eigenvalue weighted by Gasteiger charge is -2.20. The highest BCUT2D eigenvalue weighted by Crippen LogP contribution is 2.25. The molecule has 4 nitrogen and oxygen atoms in total. The molecular formula is C15H28N2O2. The number of carbonyl (C=O) groups excluding carboxylic acids is 1. The molecule has 0 aromatic carbocycles. The van der Waals surface area contributed by atoms with E-state index in [-0.39, 0.29) is 0 Å². The Hall–Kier alpha value is -1.19. The summed E-state index contributed by atoms with van der Waals surface area (Å²) in [6.45, 7) is 6.05. The maximum absolute atomic E-state index is 9.17. The Kier molecular flexibility index (Phi) is 11.1. The summed E-state index contributed by atoms with van der Waals surface area (Å²) < 4.78 is 0. The van der Waals surface area contributed by atoms with Gasteiger partial charge in [-0.1, -0.05) is 45.2 Å². The molecule has 0 aromatic rings. The molecule has 0 aromatic heterocycles. The molecule has 0 heterocycles. The maximum Gasteiger partial charge on any atom is 0.170 e. The van der Waals surface area contributed by atoms with Gasteiger partial charge in [-0.05, 0) is 18.8 Å². The van der Waals surface area contributed by atoms with Crippen LogP contribution in [-0.4, -0.2) is 25.4 Å². The number of rotatable bonds is 4. The number of hydrogen-bond donors (Lipinski definition) is 0. The van der Waals surface area contributed by atoms with Crippen LogP contribution in [0.3, 0.4) is 0 Å². The molecule has 110 valence electrons. The summed E-state index contributed by atoms with van der Waals surface area (Å²) >= 11 is 0. The molecule has 0 radical (unpaired) electrons. The topological polar surface area (TPSA) is 51.0 Å². The second-order valence-corrected chi connectivity index (χ2v) is 5.06. The molecule has 4 heteroatoms. The lowest BCUT2D eigenvalue weighted by atomic mass is 9.88. The van der Waals surface area contributed by atoms with Crippen LogP contribution in [0.4, 0.5) is 0 Å². The van der Waals surface area contributed by atoms with Crippen molar-refractivity contribution in [2.24, 2.45) is 22.0 Å². The smallest absolute Gasteiger partial charge is 0.170 e. The Morgan fingerprint density at radius 2 is 1.89 bits per heavy atom. The Labute approximate surface area is 117 Å². The minimum Gasteiger partial charge on any atom is -0.398 e. The van der Waals surface area contributed by atoms with E-state index in [1.54, 1.807) is 7.11 Å². The zero-order valence-corrected chi connectivity index (χ0v) is 12.8. The van der Waals surface area contributed by atoms with Gasteiger partial charge in [-0.15, -0.1) is 0 Å². The van der Waals surface area contributed by atoms with Gasteiger partial charge < -0.3 is 9.63 Å². The third kappa shape index (κ3) is 9.40. The van der Waals surface area contributed by atoms with Gasteiger partial charge >= 0.3 is 0 Å². The molecule has 1 aliphatic carbocycles. The number of hydrogen-bond acceptors (Lipinski definition) is 3. The van der Waals surface area contributed by atoms with E-state index in [9.17, 15) is 4.79 Å². The predicted molar refractivity (Wildman–Crippen MR) is 80.7 cm³/mol. The molecule has 0 saturated heterocycles. The summed E-state index contributed by atoms with van der Waals surface area (Å²) in [5.74, 6) is 1.86. The fourth-order valence-electron chi connectivity index (χ4n) is 1.88. The molecule has 0 aliphatic heterocycles. The number of amidine groups is 1. The van der Waals surface area contributed by atoms with Crippen LogP contribution in [0, 0.1) is 11.8 Å². The maximum atomic E-state index is 9.17. The van der Waals surface area contributed by atoms with Crippen LogP contribution < -0.4 is 0 Å². The Bertz CT molecular complexity index is 280. The number of oxime groups is 1. The third-order valence-corrected chi connectivity index (χ3v) is 2.83. The molecule has 1 fully saturated rings. The van der Waals surface area contributed by atoms with Gasteiger partial charge in [0.15, 0.2) is 5.84 Å². The molecule has 1 rings (SSSR count). The van der Waals surface area contributed by atoms with Crippen molar-refractivity contribution in [3.8, 4) is 0 Å². The summed E-state index contributed by atoms with van der Waals surface area (Å²) in [5.41, 5.74) is 0. The van der Waals surface area contributed by atoms with E-state index in [1.807, 2.05) is 13.1 Å². The van der Waals surface area contributed by atoms with Crippen LogP contribution >= 0.6 is 0 Å². The fourth-order valence-corrected chi connectivity index (χ4v) is 1.88. The summed E-state index contributed by atoms with van der Waals surface area (Å²) in [7, 11) is 1.59. The van der Waals surface area contributed by atoms with Crippen molar-refractivity contribution in [1.82, 2.24) is 0 Å². The lowest BCUT2D eigenvalue weighted by molar-refractivity contribution is -0.107. The largest absolute Gasteiger partial charge is 0.398 e. The molecule has 19 heavy (non-hydrogen) atoms. The average Bonchev–Trinajstić information content (AvgIpc) is 2.44. The standard InChI is InChI=1S/C12H22N2O.C3H6O/c1-10(2)9-13-12(14-15-3)11-7-5-4-6-8-11;1-2-3-4/h9-11H,4-8H2,1-3H3;3H,2H2,1H3/b13-9?,14-12-;. The molecule has 0 bridgehead atoms. The minimum absolute atomic E-state index is 0.468. The van der Waals surface area contributed by atoms with Crippen molar-refractivity contribution in [3.05, 3.63) is 0 Å². The Morgan fingerprint density at radius 3 is 2.32 bits per heavy atom. The van der Waals surface area contributed by atoms with E-state index in [0.29, 0.717) is 18.3 Å². The third-order valence-electron chi connectivity index (χ3n) is 2.83. The zero-order valence-electron chi connectivity index (χ0n) is 12.8. The van der Waals surface area contributed by atoms with E-state index in [1.165, 1.54) is 32.1 Å². The van der Waals surface area contributed by atoms with E-state index in [2.05, 4.69) is 24.0 Å². The van der Waals surface area contributed by atoms with E-state index in [4.69, 9.17) is 4.84 Å².